The third-order valence-electron chi connectivity index (χ3n) is 7.39. The summed E-state index contributed by atoms with van der Waals surface area (Å²) < 4.78 is 0. The zero-order valence-corrected chi connectivity index (χ0v) is 14.4. The van der Waals surface area contributed by atoms with Crippen LogP contribution in [0.2, 0.25) is 0 Å². The van der Waals surface area contributed by atoms with E-state index in [1.807, 2.05) is 0 Å². The molecule has 1 spiro atoms. The molecule has 1 aromatic carbocycles. The van der Waals surface area contributed by atoms with Gasteiger partial charge in [0.2, 0.25) is 0 Å². The summed E-state index contributed by atoms with van der Waals surface area (Å²) in [6.45, 7) is 2.38. The summed E-state index contributed by atoms with van der Waals surface area (Å²) in [4.78, 5) is 2.71. The van der Waals surface area contributed by atoms with Gasteiger partial charge in [-0.3, -0.25) is 0 Å². The van der Waals surface area contributed by atoms with Crippen molar-refractivity contribution in [1.82, 2.24) is 4.90 Å². The zero-order chi connectivity index (χ0) is 16.2. The molecule has 0 radical (unpaired) electrons. The minimum Gasteiger partial charge on any atom is -0.300 e. The number of fused-ring (bicyclic) bond motifs is 2. The molecule has 0 N–H and O–H groups in total. The molecule has 1 aromatic rings. The number of allylic oxidation sites excluding steroid dienone is 1. The highest BCUT2D eigenvalue weighted by atomic mass is 15.2. The molecule has 0 bridgehead atoms. The lowest BCUT2D eigenvalue weighted by Gasteiger charge is -2.42. The second-order valence-corrected chi connectivity index (χ2v) is 8.55. The maximum absolute atomic E-state index is 9.74. The van der Waals surface area contributed by atoms with Crippen LogP contribution in [0.4, 0.5) is 0 Å². The van der Waals surface area contributed by atoms with Crippen LogP contribution in [0.1, 0.15) is 56.1 Å². The lowest BCUT2D eigenvalue weighted by molar-refractivity contribution is 0.127. The lowest BCUT2D eigenvalue weighted by Crippen LogP contribution is -2.45. The molecule has 2 atom stereocenters. The Hall–Kier alpha value is -1.59. The molecule has 3 fully saturated rings. The minimum absolute atomic E-state index is 0.0274. The number of likely N-dealkylation sites (tertiary alicyclic amines) is 1. The quantitative estimate of drug-likeness (QED) is 0.801. The molecule has 1 aliphatic heterocycles. The van der Waals surface area contributed by atoms with Crippen molar-refractivity contribution in [3.63, 3.8) is 0 Å². The highest BCUT2D eigenvalue weighted by Crippen LogP contribution is 2.55. The SMILES string of the molecule is N#CC1(C2CC2)CCC(N2CCC3(C=Cc4ccccc43)CC2)C1. The van der Waals surface area contributed by atoms with E-state index in [0.717, 1.165) is 12.8 Å². The Bertz CT molecular complexity index is 716. The van der Waals surface area contributed by atoms with Crippen LogP contribution in [0.5, 0.6) is 0 Å². The highest BCUT2D eigenvalue weighted by molar-refractivity contribution is 5.65. The molecule has 0 amide bonds. The van der Waals surface area contributed by atoms with Crippen molar-refractivity contribution < 1.29 is 0 Å². The Labute approximate surface area is 145 Å². The van der Waals surface area contributed by atoms with Crippen LogP contribution in [0.3, 0.4) is 0 Å². The van der Waals surface area contributed by atoms with E-state index in [1.165, 1.54) is 50.8 Å². The first kappa shape index (κ1) is 14.7. The van der Waals surface area contributed by atoms with Crippen molar-refractivity contribution in [1.29, 1.82) is 5.26 Å². The Morgan fingerprint density at radius 3 is 2.58 bits per heavy atom. The van der Waals surface area contributed by atoms with Gasteiger partial charge in [0.25, 0.3) is 0 Å². The molecule has 2 unspecified atom stereocenters. The largest absolute Gasteiger partial charge is 0.300 e. The van der Waals surface area contributed by atoms with Crippen molar-refractivity contribution >= 4 is 6.08 Å². The average molecular weight is 318 g/mol. The van der Waals surface area contributed by atoms with E-state index in [4.69, 9.17) is 0 Å². The van der Waals surface area contributed by atoms with Crippen LogP contribution >= 0.6 is 0 Å². The monoisotopic (exact) mass is 318 g/mol. The van der Waals surface area contributed by atoms with Gasteiger partial charge >= 0.3 is 0 Å². The van der Waals surface area contributed by atoms with Gasteiger partial charge in [0, 0.05) is 11.5 Å². The van der Waals surface area contributed by atoms with Gasteiger partial charge in [-0.1, -0.05) is 36.4 Å². The van der Waals surface area contributed by atoms with Gasteiger partial charge < -0.3 is 4.90 Å². The Balaban J connectivity index is 1.29. The summed E-state index contributed by atoms with van der Waals surface area (Å²) in [5.41, 5.74) is 3.28. The first-order valence-electron chi connectivity index (χ1n) is 9.69. The number of rotatable bonds is 2. The number of piperidine rings is 1. The van der Waals surface area contributed by atoms with Gasteiger partial charge in [-0.05, 0) is 75.1 Å². The molecule has 2 nitrogen and oxygen atoms in total. The van der Waals surface area contributed by atoms with Crippen LogP contribution in [0.25, 0.3) is 6.08 Å². The summed E-state index contributed by atoms with van der Waals surface area (Å²) in [6.07, 6.45) is 13.4. The van der Waals surface area contributed by atoms with Crippen molar-refractivity contribution in [2.45, 2.75) is 56.4 Å². The minimum atomic E-state index is 0.0274. The molecule has 124 valence electrons. The Morgan fingerprint density at radius 1 is 1.04 bits per heavy atom. The van der Waals surface area contributed by atoms with E-state index < -0.39 is 0 Å². The van der Waals surface area contributed by atoms with Crippen molar-refractivity contribution in [3.8, 4) is 6.07 Å². The van der Waals surface area contributed by atoms with Gasteiger partial charge in [0.1, 0.15) is 0 Å². The smallest absolute Gasteiger partial charge is 0.0693 e. The molecule has 1 heterocycles. The number of hydrogen-bond acceptors (Lipinski definition) is 2. The molecule has 2 saturated carbocycles. The number of benzene rings is 1. The summed E-state index contributed by atoms with van der Waals surface area (Å²) in [5, 5.41) is 9.74. The molecule has 3 aliphatic carbocycles. The molecular weight excluding hydrogens is 292 g/mol. The van der Waals surface area contributed by atoms with Crippen molar-refractivity contribution in [2.75, 3.05) is 13.1 Å². The number of nitriles is 1. The Kier molecular flexibility index (Phi) is 3.19. The van der Waals surface area contributed by atoms with E-state index >= 15 is 0 Å². The average Bonchev–Trinajstić information content (AvgIpc) is 3.32. The maximum atomic E-state index is 9.74. The van der Waals surface area contributed by atoms with Gasteiger partial charge in [0.15, 0.2) is 0 Å². The predicted octanol–water partition coefficient (Wildman–Crippen LogP) is 4.52. The standard InChI is InChI=1S/C22H26N2/c23-16-22(18-5-6-18)10-8-19(15-22)24-13-11-21(12-14-24)9-7-17-3-1-2-4-20(17)21/h1-4,7,9,18-19H,5-6,8,10-15H2. The topological polar surface area (TPSA) is 27.0 Å². The lowest BCUT2D eigenvalue weighted by atomic mass is 9.74. The van der Waals surface area contributed by atoms with E-state index in [-0.39, 0.29) is 10.8 Å². The van der Waals surface area contributed by atoms with E-state index in [2.05, 4.69) is 47.4 Å². The summed E-state index contributed by atoms with van der Waals surface area (Å²) in [7, 11) is 0. The zero-order valence-electron chi connectivity index (χ0n) is 14.4. The number of hydrogen-bond donors (Lipinski definition) is 0. The van der Waals surface area contributed by atoms with Gasteiger partial charge in [-0.2, -0.15) is 5.26 Å². The van der Waals surface area contributed by atoms with Crippen molar-refractivity contribution in [2.24, 2.45) is 11.3 Å². The second kappa shape index (κ2) is 5.20. The third kappa shape index (κ3) is 2.11. The molecule has 0 aromatic heterocycles. The number of nitrogens with zero attached hydrogens (tertiary/aromatic N) is 2. The second-order valence-electron chi connectivity index (χ2n) is 8.55. The highest BCUT2D eigenvalue weighted by Gasteiger charge is 2.51. The van der Waals surface area contributed by atoms with Crippen molar-refractivity contribution in [3.05, 3.63) is 41.5 Å². The van der Waals surface area contributed by atoms with Crippen LogP contribution < -0.4 is 0 Å². The fraction of sp³-hybridized carbons (Fsp3) is 0.591. The van der Waals surface area contributed by atoms with Crippen LogP contribution in [0, 0.1) is 22.7 Å². The summed E-state index contributed by atoms with van der Waals surface area (Å²) in [5.74, 6) is 0.716. The Morgan fingerprint density at radius 2 is 1.83 bits per heavy atom. The molecule has 4 aliphatic rings. The van der Waals surface area contributed by atoms with E-state index in [1.54, 1.807) is 5.56 Å². The predicted molar refractivity (Wildman–Crippen MR) is 96.4 cm³/mol. The molecule has 1 saturated heterocycles. The third-order valence-corrected chi connectivity index (χ3v) is 7.39. The fourth-order valence-corrected chi connectivity index (χ4v) is 5.72. The maximum Gasteiger partial charge on any atom is 0.0693 e. The summed E-state index contributed by atoms with van der Waals surface area (Å²) in [6, 6.07) is 12.3. The fourth-order valence-electron chi connectivity index (χ4n) is 5.72. The van der Waals surface area contributed by atoms with Crippen LogP contribution in [-0.2, 0) is 5.41 Å². The molecule has 24 heavy (non-hydrogen) atoms. The normalized spacial score (nSPS) is 34.4. The van der Waals surface area contributed by atoms with Crippen LogP contribution in [-0.4, -0.2) is 24.0 Å². The summed E-state index contributed by atoms with van der Waals surface area (Å²) >= 11 is 0. The van der Waals surface area contributed by atoms with E-state index in [0.29, 0.717) is 12.0 Å². The van der Waals surface area contributed by atoms with E-state index in [9.17, 15) is 5.26 Å². The molecule has 5 rings (SSSR count). The molecule has 2 heteroatoms. The van der Waals surface area contributed by atoms with Gasteiger partial charge in [0.05, 0.1) is 11.5 Å². The van der Waals surface area contributed by atoms with Crippen LogP contribution in [0.15, 0.2) is 30.3 Å². The first-order valence-corrected chi connectivity index (χ1v) is 9.69. The first-order chi connectivity index (χ1) is 11.7. The van der Waals surface area contributed by atoms with Gasteiger partial charge in [-0.25, -0.2) is 0 Å². The van der Waals surface area contributed by atoms with Gasteiger partial charge in [-0.15, -0.1) is 0 Å². The molecular formula is C22H26N2.